The van der Waals surface area contributed by atoms with Crippen molar-refractivity contribution in [1.29, 1.82) is 0 Å². The number of methoxy groups -OCH3 is 1. The van der Waals surface area contributed by atoms with E-state index in [1.807, 2.05) is 28.9 Å². The Morgan fingerprint density at radius 3 is 2.56 bits per heavy atom. The molecule has 2 aromatic rings. The number of nitrogens with zero attached hydrogens (tertiary/aromatic N) is 2. The quantitative estimate of drug-likeness (QED) is 0.829. The van der Waals surface area contributed by atoms with Gasteiger partial charge in [0.25, 0.3) is 0 Å². The molecule has 0 fully saturated rings. The average Bonchev–Trinajstić information content (AvgIpc) is 2.77. The molecule has 0 spiro atoms. The molecule has 4 heteroatoms. The monoisotopic (exact) mass is 262 g/mol. The molecule has 0 saturated heterocycles. The maximum absolute atomic E-state index is 6.42. The second kappa shape index (κ2) is 4.65. The summed E-state index contributed by atoms with van der Waals surface area (Å²) < 4.78 is 6.98. The molecule has 3 nitrogen and oxygen atoms in total. The molecule has 0 saturated carbocycles. The fourth-order valence-electron chi connectivity index (χ4n) is 2.41. The van der Waals surface area contributed by atoms with Crippen molar-refractivity contribution < 1.29 is 4.74 Å². The van der Waals surface area contributed by atoms with E-state index in [2.05, 4.69) is 5.10 Å². The Morgan fingerprint density at radius 1 is 1.17 bits per heavy atom. The van der Waals surface area contributed by atoms with Crippen molar-refractivity contribution in [3.05, 3.63) is 40.7 Å². The van der Waals surface area contributed by atoms with E-state index in [1.165, 1.54) is 18.4 Å². The van der Waals surface area contributed by atoms with Crippen molar-refractivity contribution in [3.8, 4) is 11.4 Å². The van der Waals surface area contributed by atoms with Crippen molar-refractivity contribution >= 4 is 11.6 Å². The van der Waals surface area contributed by atoms with Crippen LogP contribution in [0.25, 0.3) is 5.69 Å². The molecule has 0 N–H and O–H groups in total. The maximum Gasteiger partial charge on any atom is 0.136 e. The minimum Gasteiger partial charge on any atom is -0.497 e. The molecule has 1 heterocycles. The van der Waals surface area contributed by atoms with Crippen molar-refractivity contribution in [3.63, 3.8) is 0 Å². The number of hydrogen-bond donors (Lipinski definition) is 0. The minimum absolute atomic E-state index is 0.759. The van der Waals surface area contributed by atoms with Crippen LogP contribution < -0.4 is 4.74 Å². The summed E-state index contributed by atoms with van der Waals surface area (Å²) in [4.78, 5) is 0. The van der Waals surface area contributed by atoms with Gasteiger partial charge in [0, 0.05) is 5.56 Å². The highest BCUT2D eigenvalue weighted by Gasteiger charge is 2.19. The number of fused-ring (bicyclic) bond motifs is 1. The first-order valence-electron chi connectivity index (χ1n) is 6.20. The molecule has 1 aliphatic rings. The van der Waals surface area contributed by atoms with Crippen molar-refractivity contribution in [1.82, 2.24) is 9.78 Å². The molecule has 1 aromatic heterocycles. The van der Waals surface area contributed by atoms with Crippen LogP contribution in [0.2, 0.25) is 5.15 Å². The molecule has 1 aliphatic carbocycles. The van der Waals surface area contributed by atoms with Gasteiger partial charge in [0.15, 0.2) is 0 Å². The van der Waals surface area contributed by atoms with Gasteiger partial charge in [0.05, 0.1) is 18.5 Å². The Hall–Kier alpha value is -1.48. The number of benzene rings is 1. The van der Waals surface area contributed by atoms with Crippen LogP contribution in [0.5, 0.6) is 5.75 Å². The second-order valence-corrected chi connectivity index (χ2v) is 4.89. The minimum atomic E-state index is 0.759. The van der Waals surface area contributed by atoms with Gasteiger partial charge in [-0.25, -0.2) is 4.68 Å². The molecule has 0 amide bonds. The van der Waals surface area contributed by atoms with Crippen molar-refractivity contribution in [2.45, 2.75) is 25.7 Å². The first-order valence-corrected chi connectivity index (χ1v) is 6.58. The van der Waals surface area contributed by atoms with Gasteiger partial charge in [-0.3, -0.25) is 0 Å². The summed E-state index contributed by atoms with van der Waals surface area (Å²) in [6, 6.07) is 7.80. The number of ether oxygens (including phenoxy) is 1. The molecule has 0 unspecified atom stereocenters. The molecular weight excluding hydrogens is 248 g/mol. The molecule has 18 heavy (non-hydrogen) atoms. The Morgan fingerprint density at radius 2 is 1.89 bits per heavy atom. The van der Waals surface area contributed by atoms with E-state index < -0.39 is 0 Å². The van der Waals surface area contributed by atoms with Crippen LogP contribution in [-0.2, 0) is 12.8 Å². The standard InChI is InChI=1S/C14H15ClN2O/c1-18-11-8-6-10(7-9-11)17-14(15)12-4-2-3-5-13(12)16-17/h6-9H,2-5H2,1H3. The zero-order valence-corrected chi connectivity index (χ0v) is 11.1. The fourth-order valence-corrected chi connectivity index (χ4v) is 2.75. The lowest BCUT2D eigenvalue weighted by atomic mass is 9.99. The predicted octanol–water partition coefficient (Wildman–Crippen LogP) is 3.41. The Balaban J connectivity index is 2.02. The number of aryl methyl sites for hydroxylation is 1. The van der Waals surface area contributed by atoms with Crippen molar-refractivity contribution in [2.24, 2.45) is 0 Å². The number of halogens is 1. The Bertz CT molecular complexity index is 560. The first-order chi connectivity index (χ1) is 8.79. The Labute approximate surface area is 111 Å². The number of hydrogen-bond acceptors (Lipinski definition) is 2. The van der Waals surface area contributed by atoms with Crippen LogP contribution in [0.15, 0.2) is 24.3 Å². The third kappa shape index (κ3) is 1.89. The van der Waals surface area contributed by atoms with Gasteiger partial charge in [0.1, 0.15) is 10.9 Å². The zero-order valence-electron chi connectivity index (χ0n) is 10.3. The van der Waals surface area contributed by atoms with E-state index >= 15 is 0 Å². The molecular formula is C14H15ClN2O. The Kier molecular flexibility index (Phi) is 3.00. The molecule has 0 aliphatic heterocycles. The topological polar surface area (TPSA) is 27.1 Å². The van der Waals surface area contributed by atoms with Gasteiger partial charge in [-0.1, -0.05) is 11.6 Å². The summed E-state index contributed by atoms with van der Waals surface area (Å²) in [5.41, 5.74) is 3.36. The molecule has 0 radical (unpaired) electrons. The van der Waals surface area contributed by atoms with E-state index in [9.17, 15) is 0 Å². The fraction of sp³-hybridized carbons (Fsp3) is 0.357. The summed E-state index contributed by atoms with van der Waals surface area (Å²) in [6.07, 6.45) is 4.51. The van der Waals surface area contributed by atoms with E-state index in [0.717, 1.165) is 35.1 Å². The molecule has 94 valence electrons. The smallest absolute Gasteiger partial charge is 0.136 e. The highest BCUT2D eigenvalue weighted by Crippen LogP contribution is 2.29. The number of aromatic nitrogens is 2. The van der Waals surface area contributed by atoms with Crippen LogP contribution in [0, 0.1) is 0 Å². The summed E-state index contributed by atoms with van der Waals surface area (Å²) in [5.74, 6) is 0.840. The second-order valence-electron chi connectivity index (χ2n) is 4.53. The van der Waals surface area contributed by atoms with Gasteiger partial charge in [0.2, 0.25) is 0 Å². The summed E-state index contributed by atoms with van der Waals surface area (Å²) in [7, 11) is 1.66. The van der Waals surface area contributed by atoms with Crippen LogP contribution in [0.1, 0.15) is 24.1 Å². The van der Waals surface area contributed by atoms with E-state index in [1.54, 1.807) is 7.11 Å². The van der Waals surface area contributed by atoms with Gasteiger partial charge >= 0.3 is 0 Å². The highest BCUT2D eigenvalue weighted by atomic mass is 35.5. The number of rotatable bonds is 2. The summed E-state index contributed by atoms with van der Waals surface area (Å²) in [6.45, 7) is 0. The van der Waals surface area contributed by atoms with Crippen LogP contribution in [0.4, 0.5) is 0 Å². The lowest BCUT2D eigenvalue weighted by Crippen LogP contribution is -2.00. The SMILES string of the molecule is COc1ccc(-n2nc3c(c2Cl)CCCC3)cc1. The predicted molar refractivity (Wildman–Crippen MR) is 71.8 cm³/mol. The molecule has 1 aromatic carbocycles. The van der Waals surface area contributed by atoms with Gasteiger partial charge < -0.3 is 4.74 Å². The summed E-state index contributed by atoms with van der Waals surface area (Å²) >= 11 is 6.42. The third-order valence-corrected chi connectivity index (χ3v) is 3.80. The molecule has 3 rings (SSSR count). The van der Waals surface area contributed by atoms with Crippen LogP contribution >= 0.6 is 11.6 Å². The lowest BCUT2D eigenvalue weighted by molar-refractivity contribution is 0.414. The lowest BCUT2D eigenvalue weighted by Gasteiger charge is -2.08. The zero-order chi connectivity index (χ0) is 12.5. The van der Waals surface area contributed by atoms with Crippen molar-refractivity contribution in [2.75, 3.05) is 7.11 Å². The summed E-state index contributed by atoms with van der Waals surface area (Å²) in [5, 5.41) is 5.38. The maximum atomic E-state index is 6.42. The van der Waals surface area contributed by atoms with Gasteiger partial charge in [-0.15, -0.1) is 0 Å². The third-order valence-electron chi connectivity index (χ3n) is 3.41. The van der Waals surface area contributed by atoms with Crippen LogP contribution in [-0.4, -0.2) is 16.9 Å². The van der Waals surface area contributed by atoms with E-state index in [-0.39, 0.29) is 0 Å². The van der Waals surface area contributed by atoms with Gasteiger partial charge in [-0.05, 0) is 49.9 Å². The van der Waals surface area contributed by atoms with E-state index in [0.29, 0.717) is 0 Å². The first kappa shape index (κ1) is 11.6. The normalized spacial score (nSPS) is 14.3. The van der Waals surface area contributed by atoms with Gasteiger partial charge in [-0.2, -0.15) is 5.10 Å². The average molecular weight is 263 g/mol. The molecule has 0 bridgehead atoms. The molecule has 0 atom stereocenters. The van der Waals surface area contributed by atoms with E-state index in [4.69, 9.17) is 16.3 Å². The van der Waals surface area contributed by atoms with Crippen LogP contribution in [0.3, 0.4) is 0 Å². The largest absolute Gasteiger partial charge is 0.497 e. The highest BCUT2D eigenvalue weighted by molar-refractivity contribution is 6.30.